The number of carbonyl (C=O) groups is 1. The summed E-state index contributed by atoms with van der Waals surface area (Å²) in [5.41, 5.74) is 4.96. The lowest BCUT2D eigenvalue weighted by molar-refractivity contribution is -0.124. The highest BCUT2D eigenvalue weighted by Crippen LogP contribution is 2.35. The highest BCUT2D eigenvalue weighted by atomic mass is 16.5. The van der Waals surface area contributed by atoms with Crippen LogP contribution in [0.4, 0.5) is 0 Å². The Morgan fingerprint density at radius 1 is 1.38 bits per heavy atom. The summed E-state index contributed by atoms with van der Waals surface area (Å²) in [4.78, 5) is 14.3. The van der Waals surface area contributed by atoms with Crippen LogP contribution in [0.15, 0.2) is 0 Å². The molecule has 124 valence electrons. The lowest BCUT2D eigenvalue weighted by atomic mass is 9.95. The zero-order valence-corrected chi connectivity index (χ0v) is 14.3. The van der Waals surface area contributed by atoms with E-state index in [0.717, 1.165) is 32.0 Å². The van der Waals surface area contributed by atoms with Gasteiger partial charge < -0.3 is 15.8 Å². The van der Waals surface area contributed by atoms with Crippen molar-refractivity contribution in [2.75, 3.05) is 26.8 Å². The van der Waals surface area contributed by atoms with E-state index in [9.17, 15) is 4.79 Å². The van der Waals surface area contributed by atoms with Crippen LogP contribution in [-0.4, -0.2) is 55.2 Å². The molecule has 0 aliphatic heterocycles. The number of nitrogens with zero attached hydrogens (tertiary/aromatic N) is 1. The van der Waals surface area contributed by atoms with Crippen LogP contribution in [0, 0.1) is 5.92 Å². The van der Waals surface area contributed by atoms with Crippen molar-refractivity contribution >= 4 is 5.91 Å². The van der Waals surface area contributed by atoms with Gasteiger partial charge in [-0.2, -0.15) is 0 Å². The van der Waals surface area contributed by atoms with Crippen LogP contribution >= 0.6 is 0 Å². The van der Waals surface area contributed by atoms with Crippen LogP contribution in [0.3, 0.4) is 0 Å². The normalized spacial score (nSPS) is 19.8. The molecule has 0 radical (unpaired) electrons. The first-order valence-electron chi connectivity index (χ1n) is 8.10. The molecule has 0 aromatic rings. The second-order valence-electron chi connectivity index (χ2n) is 6.85. The molecule has 1 rings (SSSR count). The lowest BCUT2D eigenvalue weighted by Crippen LogP contribution is -2.57. The SMILES string of the molecule is COCCN(CCC(C)(NC(C)C)C(N)=O)C(C)C1CC1. The maximum absolute atomic E-state index is 11.8. The number of primary amides is 1. The van der Waals surface area contributed by atoms with Crippen molar-refractivity contribution in [1.29, 1.82) is 0 Å². The molecule has 21 heavy (non-hydrogen) atoms. The second-order valence-corrected chi connectivity index (χ2v) is 6.85. The minimum Gasteiger partial charge on any atom is -0.383 e. The molecule has 3 N–H and O–H groups in total. The summed E-state index contributed by atoms with van der Waals surface area (Å²) in [6.45, 7) is 10.8. The molecule has 2 unspecified atom stereocenters. The predicted octanol–water partition coefficient (Wildman–Crippen LogP) is 1.37. The zero-order chi connectivity index (χ0) is 16.0. The summed E-state index contributed by atoms with van der Waals surface area (Å²) in [7, 11) is 1.73. The molecular weight excluding hydrogens is 266 g/mol. The summed E-state index contributed by atoms with van der Waals surface area (Å²) in [5.74, 6) is 0.529. The molecule has 0 aromatic heterocycles. The van der Waals surface area contributed by atoms with E-state index in [0.29, 0.717) is 6.04 Å². The number of carbonyl (C=O) groups excluding carboxylic acids is 1. The van der Waals surface area contributed by atoms with Gasteiger partial charge in [-0.05, 0) is 52.9 Å². The summed E-state index contributed by atoms with van der Waals surface area (Å²) < 4.78 is 5.22. The lowest BCUT2D eigenvalue weighted by Gasteiger charge is -2.35. The van der Waals surface area contributed by atoms with Crippen LogP contribution < -0.4 is 11.1 Å². The molecule has 0 bridgehead atoms. The Kier molecular flexibility index (Phi) is 7.10. The Labute approximate surface area is 129 Å². The van der Waals surface area contributed by atoms with Crippen molar-refractivity contribution in [3.63, 3.8) is 0 Å². The van der Waals surface area contributed by atoms with Gasteiger partial charge in [-0.15, -0.1) is 0 Å². The van der Waals surface area contributed by atoms with Gasteiger partial charge in [-0.25, -0.2) is 0 Å². The van der Waals surface area contributed by atoms with E-state index in [1.807, 2.05) is 20.8 Å². The van der Waals surface area contributed by atoms with Gasteiger partial charge in [0.25, 0.3) is 0 Å². The summed E-state index contributed by atoms with van der Waals surface area (Å²) in [6, 6.07) is 0.784. The Morgan fingerprint density at radius 3 is 2.43 bits per heavy atom. The fourth-order valence-electron chi connectivity index (χ4n) is 2.88. The number of rotatable bonds is 11. The number of amides is 1. The molecule has 0 saturated heterocycles. The first-order valence-corrected chi connectivity index (χ1v) is 8.10. The van der Waals surface area contributed by atoms with Gasteiger partial charge in [-0.3, -0.25) is 9.69 Å². The zero-order valence-electron chi connectivity index (χ0n) is 14.3. The number of nitrogens with two attached hydrogens (primary N) is 1. The van der Waals surface area contributed by atoms with Crippen LogP contribution in [0.25, 0.3) is 0 Å². The first kappa shape index (κ1) is 18.4. The maximum atomic E-state index is 11.8. The molecule has 0 aromatic carbocycles. The van der Waals surface area contributed by atoms with E-state index in [1.165, 1.54) is 12.8 Å². The third-order valence-corrected chi connectivity index (χ3v) is 4.51. The minimum atomic E-state index is -0.650. The largest absolute Gasteiger partial charge is 0.383 e. The predicted molar refractivity (Wildman–Crippen MR) is 86.1 cm³/mol. The average molecular weight is 299 g/mol. The Balaban J connectivity index is 2.61. The highest BCUT2D eigenvalue weighted by molar-refractivity contribution is 5.84. The van der Waals surface area contributed by atoms with Crippen molar-refractivity contribution in [3.05, 3.63) is 0 Å². The van der Waals surface area contributed by atoms with Gasteiger partial charge in [0.15, 0.2) is 0 Å². The third-order valence-electron chi connectivity index (χ3n) is 4.51. The second kappa shape index (κ2) is 8.11. The Hall–Kier alpha value is -0.650. The molecule has 1 amide bonds. The summed E-state index contributed by atoms with van der Waals surface area (Å²) in [6.07, 6.45) is 3.37. The highest BCUT2D eigenvalue weighted by Gasteiger charge is 2.35. The van der Waals surface area contributed by atoms with Crippen LogP contribution in [0.1, 0.15) is 47.0 Å². The molecule has 1 saturated carbocycles. The third kappa shape index (κ3) is 5.93. The standard InChI is InChI=1S/C16H33N3O2/c1-12(2)18-16(4,15(17)20)8-9-19(10-11-21-5)13(3)14-6-7-14/h12-14,18H,6-11H2,1-5H3,(H2,17,20). The van der Waals surface area contributed by atoms with Crippen LogP contribution in [0.5, 0.6) is 0 Å². The molecule has 5 nitrogen and oxygen atoms in total. The number of methoxy groups -OCH3 is 1. The van der Waals surface area contributed by atoms with Gasteiger partial charge in [-0.1, -0.05) is 0 Å². The van der Waals surface area contributed by atoms with Crippen molar-refractivity contribution in [3.8, 4) is 0 Å². The van der Waals surface area contributed by atoms with E-state index in [1.54, 1.807) is 7.11 Å². The summed E-state index contributed by atoms with van der Waals surface area (Å²) >= 11 is 0. The van der Waals surface area contributed by atoms with E-state index in [4.69, 9.17) is 10.5 Å². The quantitative estimate of drug-likeness (QED) is 0.604. The van der Waals surface area contributed by atoms with Gasteiger partial charge in [0, 0.05) is 32.3 Å². The molecule has 1 aliphatic rings. The van der Waals surface area contributed by atoms with E-state index in [-0.39, 0.29) is 11.9 Å². The van der Waals surface area contributed by atoms with Crippen molar-refractivity contribution in [2.24, 2.45) is 11.7 Å². The smallest absolute Gasteiger partial charge is 0.237 e. The molecule has 1 fully saturated rings. The maximum Gasteiger partial charge on any atom is 0.237 e. The first-order chi connectivity index (χ1) is 9.80. The van der Waals surface area contributed by atoms with Gasteiger partial charge in [0.05, 0.1) is 12.1 Å². The van der Waals surface area contributed by atoms with Gasteiger partial charge in [0.1, 0.15) is 0 Å². The van der Waals surface area contributed by atoms with E-state index >= 15 is 0 Å². The summed E-state index contributed by atoms with van der Waals surface area (Å²) in [5, 5.41) is 3.32. The molecule has 0 heterocycles. The number of hydrogen-bond donors (Lipinski definition) is 2. The van der Waals surface area contributed by atoms with Crippen LogP contribution in [-0.2, 0) is 9.53 Å². The van der Waals surface area contributed by atoms with Crippen LogP contribution in [0.2, 0.25) is 0 Å². The number of nitrogens with one attached hydrogen (secondary N) is 1. The number of hydrogen-bond acceptors (Lipinski definition) is 4. The topological polar surface area (TPSA) is 67.6 Å². The fraction of sp³-hybridized carbons (Fsp3) is 0.938. The minimum absolute atomic E-state index is 0.232. The van der Waals surface area contributed by atoms with Gasteiger partial charge >= 0.3 is 0 Å². The van der Waals surface area contributed by atoms with Crippen molar-refractivity contribution in [2.45, 2.75) is 64.6 Å². The molecule has 5 heteroatoms. The molecular formula is C16H33N3O2. The van der Waals surface area contributed by atoms with E-state index in [2.05, 4.69) is 17.1 Å². The Morgan fingerprint density at radius 2 is 2.00 bits per heavy atom. The van der Waals surface area contributed by atoms with Gasteiger partial charge in [0.2, 0.25) is 5.91 Å². The van der Waals surface area contributed by atoms with Crippen molar-refractivity contribution < 1.29 is 9.53 Å². The molecule has 2 atom stereocenters. The monoisotopic (exact) mass is 299 g/mol. The Bertz CT molecular complexity index is 331. The average Bonchev–Trinajstić information content (AvgIpc) is 3.21. The molecule has 0 spiro atoms. The molecule has 1 aliphatic carbocycles. The fourth-order valence-corrected chi connectivity index (χ4v) is 2.88. The van der Waals surface area contributed by atoms with E-state index < -0.39 is 5.54 Å². The van der Waals surface area contributed by atoms with Crippen molar-refractivity contribution in [1.82, 2.24) is 10.2 Å². The number of ether oxygens (including phenoxy) is 1.